The van der Waals surface area contributed by atoms with Gasteiger partial charge < -0.3 is 4.74 Å². The number of pyridine rings is 1. The van der Waals surface area contributed by atoms with Crippen LogP contribution in [0.4, 0.5) is 0 Å². The minimum Gasteiger partial charge on any atom is -0.465 e. The average Bonchev–Trinajstić information content (AvgIpc) is 2.30. The Balaban J connectivity index is 2.75. The first kappa shape index (κ1) is 11.5. The smallest absolute Gasteiger partial charge is 0.340 e. The quantitative estimate of drug-likeness (QED) is 0.743. The highest BCUT2D eigenvalue weighted by Crippen LogP contribution is 2.30. The van der Waals surface area contributed by atoms with Crippen LogP contribution in [-0.4, -0.2) is 18.1 Å². The topological polar surface area (TPSA) is 39.2 Å². The van der Waals surface area contributed by atoms with E-state index in [1.165, 1.54) is 13.3 Å². The number of nitrogens with zero attached hydrogens (tertiary/aromatic N) is 1. The van der Waals surface area contributed by atoms with Crippen molar-refractivity contribution in [2.24, 2.45) is 0 Å². The van der Waals surface area contributed by atoms with Gasteiger partial charge in [-0.2, -0.15) is 0 Å². The van der Waals surface area contributed by atoms with Gasteiger partial charge >= 0.3 is 5.97 Å². The molecule has 16 heavy (non-hydrogen) atoms. The third kappa shape index (κ3) is 1.85. The molecule has 3 nitrogen and oxygen atoms in total. The summed E-state index contributed by atoms with van der Waals surface area (Å²) in [6, 6.07) is 5.68. The number of benzene rings is 1. The Kier molecular flexibility index (Phi) is 3.25. The Bertz CT molecular complexity index is 569. The van der Waals surface area contributed by atoms with Crippen molar-refractivity contribution < 1.29 is 9.53 Å². The maximum absolute atomic E-state index is 11.5. The summed E-state index contributed by atoms with van der Waals surface area (Å²) < 4.78 is 6.27. The standard InChI is InChI=1S/C11H7Br2NO2/c1-16-11(15)7-5-14-10-6(9(7)13)3-2-4-8(10)12/h2-5H,1H3. The van der Waals surface area contributed by atoms with E-state index < -0.39 is 5.97 Å². The second-order valence-corrected chi connectivity index (χ2v) is 4.76. The van der Waals surface area contributed by atoms with Gasteiger partial charge in [-0.3, -0.25) is 4.98 Å². The first-order chi connectivity index (χ1) is 7.65. The van der Waals surface area contributed by atoms with Crippen molar-refractivity contribution in [1.29, 1.82) is 0 Å². The highest BCUT2D eigenvalue weighted by atomic mass is 79.9. The highest BCUT2D eigenvalue weighted by molar-refractivity contribution is 9.11. The van der Waals surface area contributed by atoms with Crippen LogP contribution in [0.25, 0.3) is 10.9 Å². The lowest BCUT2D eigenvalue weighted by Gasteiger charge is -2.06. The van der Waals surface area contributed by atoms with Gasteiger partial charge in [-0.1, -0.05) is 12.1 Å². The SMILES string of the molecule is COC(=O)c1cnc2c(Br)cccc2c1Br. The minimum atomic E-state index is -0.402. The van der Waals surface area contributed by atoms with Gasteiger partial charge in [-0.15, -0.1) is 0 Å². The summed E-state index contributed by atoms with van der Waals surface area (Å²) in [4.78, 5) is 15.7. The van der Waals surface area contributed by atoms with Gasteiger partial charge in [-0.25, -0.2) is 4.79 Å². The molecule has 0 saturated carbocycles. The number of aromatic nitrogens is 1. The van der Waals surface area contributed by atoms with Gasteiger partial charge in [0.05, 0.1) is 18.2 Å². The molecular formula is C11H7Br2NO2. The van der Waals surface area contributed by atoms with Crippen LogP contribution >= 0.6 is 31.9 Å². The molecule has 0 unspecified atom stereocenters. The van der Waals surface area contributed by atoms with E-state index in [9.17, 15) is 4.79 Å². The minimum absolute atomic E-state index is 0.402. The molecule has 1 aromatic heterocycles. The predicted molar refractivity (Wildman–Crippen MR) is 68.5 cm³/mol. The molecule has 1 heterocycles. The summed E-state index contributed by atoms with van der Waals surface area (Å²) in [6.07, 6.45) is 1.50. The van der Waals surface area contributed by atoms with Crippen LogP contribution in [-0.2, 0) is 4.74 Å². The maximum Gasteiger partial charge on any atom is 0.340 e. The normalized spacial score (nSPS) is 10.4. The molecule has 0 aliphatic carbocycles. The molecule has 0 aliphatic rings. The first-order valence-corrected chi connectivity index (χ1v) is 6.04. The predicted octanol–water partition coefficient (Wildman–Crippen LogP) is 3.55. The summed E-state index contributed by atoms with van der Waals surface area (Å²) in [5.74, 6) is -0.402. The molecular weight excluding hydrogens is 338 g/mol. The van der Waals surface area contributed by atoms with Crippen molar-refractivity contribution >= 4 is 48.7 Å². The van der Waals surface area contributed by atoms with Crippen LogP contribution < -0.4 is 0 Å². The third-order valence-electron chi connectivity index (χ3n) is 2.19. The Labute approximate surface area is 109 Å². The van der Waals surface area contributed by atoms with Crippen LogP contribution in [0.2, 0.25) is 0 Å². The Hall–Kier alpha value is -0.940. The van der Waals surface area contributed by atoms with E-state index in [1.54, 1.807) is 0 Å². The molecule has 0 atom stereocenters. The second kappa shape index (κ2) is 4.51. The number of hydrogen-bond donors (Lipinski definition) is 0. The number of methoxy groups -OCH3 is 1. The molecule has 0 N–H and O–H groups in total. The molecule has 5 heteroatoms. The molecule has 2 aromatic rings. The summed E-state index contributed by atoms with van der Waals surface area (Å²) in [7, 11) is 1.35. The molecule has 0 amide bonds. The van der Waals surface area contributed by atoms with Crippen LogP contribution in [0, 0.1) is 0 Å². The molecule has 1 aromatic carbocycles. The van der Waals surface area contributed by atoms with Crippen LogP contribution in [0.15, 0.2) is 33.3 Å². The first-order valence-electron chi connectivity index (χ1n) is 4.46. The van der Waals surface area contributed by atoms with Gasteiger partial charge in [0.15, 0.2) is 0 Å². The van der Waals surface area contributed by atoms with Crippen LogP contribution in [0.1, 0.15) is 10.4 Å². The Morgan fingerprint density at radius 1 is 1.38 bits per heavy atom. The monoisotopic (exact) mass is 343 g/mol. The van der Waals surface area contributed by atoms with E-state index >= 15 is 0 Å². The van der Waals surface area contributed by atoms with Crippen molar-refractivity contribution in [3.05, 3.63) is 38.9 Å². The molecule has 82 valence electrons. The summed E-state index contributed by atoms with van der Waals surface area (Å²) in [5, 5.41) is 0.872. The van der Waals surface area contributed by atoms with Crippen LogP contribution in [0.5, 0.6) is 0 Å². The fraction of sp³-hybridized carbons (Fsp3) is 0.0909. The summed E-state index contributed by atoms with van der Waals surface area (Å²) in [5.41, 5.74) is 1.23. The number of para-hydroxylation sites is 1. The number of esters is 1. The van der Waals surface area contributed by atoms with Crippen molar-refractivity contribution in [3.8, 4) is 0 Å². The number of carbonyl (C=O) groups is 1. The van der Waals surface area contributed by atoms with Gasteiger partial charge in [0, 0.05) is 20.5 Å². The van der Waals surface area contributed by atoms with E-state index in [1.807, 2.05) is 18.2 Å². The number of hydrogen-bond acceptors (Lipinski definition) is 3. The summed E-state index contributed by atoms with van der Waals surface area (Å²) in [6.45, 7) is 0. The van der Waals surface area contributed by atoms with Crippen molar-refractivity contribution in [2.45, 2.75) is 0 Å². The average molecular weight is 345 g/mol. The Morgan fingerprint density at radius 3 is 2.81 bits per heavy atom. The number of fused-ring (bicyclic) bond motifs is 1. The van der Waals surface area contributed by atoms with Crippen molar-refractivity contribution in [3.63, 3.8) is 0 Å². The zero-order valence-electron chi connectivity index (χ0n) is 8.33. The zero-order valence-corrected chi connectivity index (χ0v) is 11.5. The number of rotatable bonds is 1. The largest absolute Gasteiger partial charge is 0.465 e. The number of ether oxygens (including phenoxy) is 1. The molecule has 0 saturated heterocycles. The van der Waals surface area contributed by atoms with E-state index in [0.29, 0.717) is 10.0 Å². The Morgan fingerprint density at radius 2 is 2.12 bits per heavy atom. The lowest BCUT2D eigenvalue weighted by molar-refractivity contribution is 0.0599. The van der Waals surface area contributed by atoms with E-state index in [2.05, 4.69) is 41.6 Å². The molecule has 2 rings (SSSR count). The van der Waals surface area contributed by atoms with Gasteiger partial charge in [0.25, 0.3) is 0 Å². The van der Waals surface area contributed by atoms with Gasteiger partial charge in [-0.05, 0) is 37.9 Å². The van der Waals surface area contributed by atoms with Gasteiger partial charge in [0.2, 0.25) is 0 Å². The van der Waals surface area contributed by atoms with E-state index in [-0.39, 0.29) is 0 Å². The molecule has 0 spiro atoms. The third-order valence-corrected chi connectivity index (χ3v) is 3.68. The molecule has 0 bridgehead atoms. The lowest BCUT2D eigenvalue weighted by Crippen LogP contribution is -2.03. The van der Waals surface area contributed by atoms with E-state index in [0.717, 1.165) is 15.4 Å². The molecule has 0 fully saturated rings. The molecule has 0 aliphatic heterocycles. The lowest BCUT2D eigenvalue weighted by atomic mass is 10.1. The summed E-state index contributed by atoms with van der Waals surface area (Å²) >= 11 is 6.81. The molecule has 0 radical (unpaired) electrons. The fourth-order valence-corrected chi connectivity index (χ4v) is 2.46. The second-order valence-electron chi connectivity index (χ2n) is 3.11. The number of halogens is 2. The van der Waals surface area contributed by atoms with Gasteiger partial charge in [0.1, 0.15) is 0 Å². The van der Waals surface area contributed by atoms with Crippen molar-refractivity contribution in [1.82, 2.24) is 4.98 Å². The fourth-order valence-electron chi connectivity index (χ4n) is 1.41. The highest BCUT2D eigenvalue weighted by Gasteiger charge is 2.14. The van der Waals surface area contributed by atoms with Crippen molar-refractivity contribution in [2.75, 3.05) is 7.11 Å². The number of carbonyl (C=O) groups excluding carboxylic acids is 1. The maximum atomic E-state index is 11.5. The zero-order chi connectivity index (χ0) is 11.7. The van der Waals surface area contributed by atoms with Crippen LogP contribution in [0.3, 0.4) is 0 Å². The van der Waals surface area contributed by atoms with E-state index in [4.69, 9.17) is 0 Å².